The van der Waals surface area contributed by atoms with Crippen molar-refractivity contribution >= 4 is 22.7 Å². The molecule has 1 aromatic heterocycles. The van der Waals surface area contributed by atoms with E-state index in [4.69, 9.17) is 18.6 Å². The van der Waals surface area contributed by atoms with Crippen LogP contribution in [0.2, 0.25) is 0 Å². The van der Waals surface area contributed by atoms with Gasteiger partial charge in [0.25, 0.3) is 5.91 Å². The molecule has 0 saturated carbocycles. The Hall–Kier alpha value is -4.00. The Kier molecular flexibility index (Phi) is 7.55. The number of fused-ring (bicyclic) bond motifs is 1. The molecule has 1 N–H and O–H groups in total. The summed E-state index contributed by atoms with van der Waals surface area (Å²) < 4.78 is 23.1. The van der Waals surface area contributed by atoms with Crippen molar-refractivity contribution < 1.29 is 23.4 Å². The quantitative estimate of drug-likeness (QED) is 0.282. The van der Waals surface area contributed by atoms with Crippen LogP contribution in [0.5, 0.6) is 17.2 Å². The first kappa shape index (κ1) is 24.1. The van der Waals surface area contributed by atoms with Crippen molar-refractivity contribution in [2.45, 2.75) is 34.1 Å². The molecule has 0 aliphatic carbocycles. The van der Waals surface area contributed by atoms with E-state index in [1.807, 2.05) is 63.2 Å². The molecule has 0 saturated heterocycles. The zero-order chi connectivity index (χ0) is 24.8. The van der Waals surface area contributed by atoms with Gasteiger partial charge >= 0.3 is 0 Å². The second-order valence-electron chi connectivity index (χ2n) is 7.81. The lowest BCUT2D eigenvalue weighted by Crippen LogP contribution is -2.13. The number of oxazole rings is 1. The van der Waals surface area contributed by atoms with Crippen molar-refractivity contribution in [3.8, 4) is 28.7 Å². The van der Waals surface area contributed by atoms with Crippen molar-refractivity contribution in [3.63, 3.8) is 0 Å². The Labute approximate surface area is 205 Å². The van der Waals surface area contributed by atoms with Gasteiger partial charge < -0.3 is 23.9 Å². The van der Waals surface area contributed by atoms with E-state index in [0.717, 1.165) is 23.1 Å². The number of aromatic nitrogens is 1. The number of rotatable bonds is 10. The summed E-state index contributed by atoms with van der Waals surface area (Å²) >= 11 is 0. The van der Waals surface area contributed by atoms with Gasteiger partial charge in [-0.15, -0.1) is 0 Å². The van der Waals surface area contributed by atoms with Crippen LogP contribution in [0.25, 0.3) is 22.6 Å². The average Bonchev–Trinajstić information content (AvgIpc) is 3.29. The molecule has 3 aromatic carbocycles. The third kappa shape index (κ3) is 5.40. The molecular formula is C28H30N2O5. The Morgan fingerprint density at radius 1 is 0.886 bits per heavy atom. The van der Waals surface area contributed by atoms with Gasteiger partial charge in [0.05, 0.1) is 19.8 Å². The van der Waals surface area contributed by atoms with Crippen LogP contribution >= 0.6 is 0 Å². The number of carbonyl (C=O) groups excluding carboxylic acids is 1. The third-order valence-corrected chi connectivity index (χ3v) is 5.40. The lowest BCUT2D eigenvalue weighted by atomic mass is 10.1. The smallest absolute Gasteiger partial charge is 0.255 e. The molecule has 0 atom stereocenters. The summed E-state index contributed by atoms with van der Waals surface area (Å²) in [6.45, 7) is 9.07. The molecule has 0 aliphatic heterocycles. The summed E-state index contributed by atoms with van der Waals surface area (Å²) in [6.07, 6.45) is 0.932. The molecule has 0 radical (unpaired) electrons. The SMILES string of the molecule is CCOc1cc(C(=O)Nc2cccc(-c3nc4cc(CC)ccc4o3)c2)cc(OCC)c1OCC. The molecule has 0 unspecified atom stereocenters. The van der Waals surface area contributed by atoms with Gasteiger partial charge in [0.1, 0.15) is 5.52 Å². The second kappa shape index (κ2) is 11.0. The topological polar surface area (TPSA) is 82.8 Å². The summed E-state index contributed by atoms with van der Waals surface area (Å²) in [5, 5.41) is 2.95. The molecule has 0 aliphatic rings. The van der Waals surface area contributed by atoms with E-state index in [0.29, 0.717) is 54.2 Å². The first-order valence-electron chi connectivity index (χ1n) is 11.9. The first-order chi connectivity index (χ1) is 17.1. The number of aryl methyl sites for hydroxylation is 1. The van der Waals surface area contributed by atoms with Gasteiger partial charge in [-0.3, -0.25) is 4.79 Å². The minimum Gasteiger partial charge on any atom is -0.490 e. The summed E-state index contributed by atoms with van der Waals surface area (Å²) in [7, 11) is 0. The van der Waals surface area contributed by atoms with Gasteiger partial charge in [-0.2, -0.15) is 0 Å². The van der Waals surface area contributed by atoms with Gasteiger partial charge in [0.15, 0.2) is 17.1 Å². The predicted octanol–water partition coefficient (Wildman–Crippen LogP) is 6.51. The number of nitrogens with zero attached hydrogens (tertiary/aromatic N) is 1. The highest BCUT2D eigenvalue weighted by atomic mass is 16.5. The zero-order valence-corrected chi connectivity index (χ0v) is 20.5. The normalized spacial score (nSPS) is 10.9. The average molecular weight is 475 g/mol. The van der Waals surface area contributed by atoms with E-state index in [-0.39, 0.29) is 5.91 Å². The van der Waals surface area contributed by atoms with Gasteiger partial charge in [0.2, 0.25) is 11.6 Å². The van der Waals surface area contributed by atoms with Crippen LogP contribution in [0.15, 0.2) is 59.0 Å². The van der Waals surface area contributed by atoms with Crippen LogP contribution < -0.4 is 19.5 Å². The molecule has 1 heterocycles. The maximum Gasteiger partial charge on any atom is 0.255 e. The molecule has 0 fully saturated rings. The maximum atomic E-state index is 13.2. The molecular weight excluding hydrogens is 444 g/mol. The number of benzene rings is 3. The highest BCUT2D eigenvalue weighted by Crippen LogP contribution is 2.39. The summed E-state index contributed by atoms with van der Waals surface area (Å²) in [4.78, 5) is 17.8. The van der Waals surface area contributed by atoms with Crippen LogP contribution in [0.1, 0.15) is 43.6 Å². The molecule has 182 valence electrons. The van der Waals surface area contributed by atoms with E-state index in [1.165, 1.54) is 5.56 Å². The first-order valence-corrected chi connectivity index (χ1v) is 11.9. The van der Waals surface area contributed by atoms with E-state index in [1.54, 1.807) is 12.1 Å². The van der Waals surface area contributed by atoms with Gasteiger partial charge in [-0.05, 0) is 75.2 Å². The predicted molar refractivity (Wildman–Crippen MR) is 137 cm³/mol. The number of hydrogen-bond donors (Lipinski definition) is 1. The van der Waals surface area contributed by atoms with Gasteiger partial charge in [0, 0.05) is 16.8 Å². The maximum absolute atomic E-state index is 13.2. The van der Waals surface area contributed by atoms with Gasteiger partial charge in [-0.25, -0.2) is 4.98 Å². The molecule has 0 spiro atoms. The minimum atomic E-state index is -0.294. The number of hydrogen-bond acceptors (Lipinski definition) is 6. The largest absolute Gasteiger partial charge is 0.490 e. The number of carbonyl (C=O) groups is 1. The van der Waals surface area contributed by atoms with Crippen molar-refractivity contribution in [3.05, 3.63) is 65.7 Å². The van der Waals surface area contributed by atoms with Crippen LogP contribution in [0.4, 0.5) is 5.69 Å². The molecule has 7 heteroatoms. The molecule has 0 bridgehead atoms. The van der Waals surface area contributed by atoms with Crippen molar-refractivity contribution in [1.82, 2.24) is 4.98 Å². The summed E-state index contributed by atoms with van der Waals surface area (Å²) in [5.74, 6) is 1.64. The van der Waals surface area contributed by atoms with E-state index >= 15 is 0 Å². The Morgan fingerprint density at radius 2 is 1.60 bits per heavy atom. The number of ether oxygens (including phenoxy) is 3. The summed E-state index contributed by atoms with van der Waals surface area (Å²) in [5.41, 5.74) is 4.54. The standard InChI is InChI=1S/C28H30N2O5/c1-5-18-12-13-23-22(14-18)30-28(35-23)19-10-9-11-21(15-19)29-27(31)20-16-24(32-6-2)26(34-8-4)25(17-20)33-7-3/h9-17H,5-8H2,1-4H3,(H,29,31). The van der Waals surface area contributed by atoms with E-state index in [9.17, 15) is 4.79 Å². The Morgan fingerprint density at radius 3 is 2.26 bits per heavy atom. The highest BCUT2D eigenvalue weighted by Gasteiger charge is 2.19. The van der Waals surface area contributed by atoms with Crippen LogP contribution in [0, 0.1) is 0 Å². The monoisotopic (exact) mass is 474 g/mol. The fourth-order valence-corrected chi connectivity index (χ4v) is 3.77. The second-order valence-corrected chi connectivity index (χ2v) is 7.81. The van der Waals surface area contributed by atoms with Crippen LogP contribution in [0.3, 0.4) is 0 Å². The van der Waals surface area contributed by atoms with Crippen molar-refractivity contribution in [2.75, 3.05) is 25.1 Å². The van der Waals surface area contributed by atoms with Crippen molar-refractivity contribution in [2.24, 2.45) is 0 Å². The van der Waals surface area contributed by atoms with E-state index in [2.05, 4.69) is 17.2 Å². The fourth-order valence-electron chi connectivity index (χ4n) is 3.77. The summed E-state index contributed by atoms with van der Waals surface area (Å²) in [6, 6.07) is 16.8. The number of amides is 1. The molecule has 4 rings (SSSR count). The molecule has 1 amide bonds. The lowest BCUT2D eigenvalue weighted by Gasteiger charge is -2.17. The lowest BCUT2D eigenvalue weighted by molar-refractivity contribution is 0.102. The minimum absolute atomic E-state index is 0.294. The fraction of sp³-hybridized carbons (Fsp3) is 0.286. The zero-order valence-electron chi connectivity index (χ0n) is 20.5. The molecule has 35 heavy (non-hydrogen) atoms. The van der Waals surface area contributed by atoms with Crippen LogP contribution in [-0.4, -0.2) is 30.7 Å². The van der Waals surface area contributed by atoms with E-state index < -0.39 is 0 Å². The van der Waals surface area contributed by atoms with Crippen LogP contribution in [-0.2, 0) is 6.42 Å². The Bertz CT molecular complexity index is 1300. The van der Waals surface area contributed by atoms with Crippen molar-refractivity contribution in [1.29, 1.82) is 0 Å². The molecule has 4 aromatic rings. The highest BCUT2D eigenvalue weighted by molar-refractivity contribution is 6.05. The number of anilines is 1. The van der Waals surface area contributed by atoms with Gasteiger partial charge in [-0.1, -0.05) is 19.1 Å². The molecule has 7 nitrogen and oxygen atoms in total. The Balaban J connectivity index is 1.61. The number of nitrogens with one attached hydrogen (secondary N) is 1. The third-order valence-electron chi connectivity index (χ3n) is 5.40.